The molecular formula is C24H23FN4O. The Morgan fingerprint density at radius 1 is 1.00 bits per heavy atom. The highest BCUT2D eigenvalue weighted by Crippen LogP contribution is 2.25. The van der Waals surface area contributed by atoms with E-state index in [0.717, 1.165) is 33.7 Å². The van der Waals surface area contributed by atoms with Crippen LogP contribution in [-0.2, 0) is 6.54 Å². The minimum atomic E-state index is -0.286. The molecule has 0 atom stereocenters. The summed E-state index contributed by atoms with van der Waals surface area (Å²) in [5.74, 6) is 0.457. The van der Waals surface area contributed by atoms with Gasteiger partial charge in [-0.15, -0.1) is 0 Å². The monoisotopic (exact) mass is 402 g/mol. The molecule has 152 valence electrons. The predicted octanol–water partition coefficient (Wildman–Crippen LogP) is 5.28. The molecule has 4 rings (SSSR count). The molecular weight excluding hydrogens is 379 g/mol. The Labute approximate surface area is 174 Å². The fourth-order valence-electron chi connectivity index (χ4n) is 3.40. The summed E-state index contributed by atoms with van der Waals surface area (Å²) >= 11 is 0. The third-order valence-electron chi connectivity index (χ3n) is 5.14. The summed E-state index contributed by atoms with van der Waals surface area (Å²) in [6, 6.07) is 19.7. The van der Waals surface area contributed by atoms with E-state index in [4.69, 9.17) is 4.98 Å². The van der Waals surface area contributed by atoms with Gasteiger partial charge in [0.25, 0.3) is 0 Å². The lowest BCUT2D eigenvalue weighted by Gasteiger charge is -2.12. The number of aryl methyl sites for hydroxylation is 2. The fourth-order valence-corrected chi connectivity index (χ4v) is 3.40. The van der Waals surface area contributed by atoms with E-state index in [0.29, 0.717) is 13.1 Å². The molecule has 0 fully saturated rings. The van der Waals surface area contributed by atoms with E-state index in [9.17, 15) is 9.18 Å². The highest BCUT2D eigenvalue weighted by atomic mass is 19.1. The van der Waals surface area contributed by atoms with E-state index >= 15 is 0 Å². The van der Waals surface area contributed by atoms with Gasteiger partial charge in [-0.3, -0.25) is 0 Å². The Morgan fingerprint density at radius 3 is 2.53 bits per heavy atom. The average molecular weight is 402 g/mol. The first-order chi connectivity index (χ1) is 14.5. The Kier molecular flexibility index (Phi) is 5.48. The number of halogens is 1. The molecule has 0 aliphatic carbocycles. The van der Waals surface area contributed by atoms with Crippen molar-refractivity contribution in [3.8, 4) is 11.4 Å². The molecule has 6 heteroatoms. The van der Waals surface area contributed by atoms with Crippen molar-refractivity contribution < 1.29 is 9.18 Å². The van der Waals surface area contributed by atoms with Crippen molar-refractivity contribution in [3.05, 3.63) is 83.7 Å². The van der Waals surface area contributed by atoms with Crippen LogP contribution in [0.4, 0.5) is 14.9 Å². The van der Waals surface area contributed by atoms with Crippen molar-refractivity contribution in [2.75, 3.05) is 11.9 Å². The molecule has 1 aromatic heterocycles. The average Bonchev–Trinajstić information content (AvgIpc) is 3.10. The first-order valence-corrected chi connectivity index (χ1v) is 9.84. The largest absolute Gasteiger partial charge is 0.336 e. The molecule has 0 radical (unpaired) electrons. The highest BCUT2D eigenvalue weighted by molar-refractivity contribution is 5.89. The van der Waals surface area contributed by atoms with Crippen LogP contribution >= 0.6 is 0 Å². The van der Waals surface area contributed by atoms with Crippen LogP contribution in [0.1, 0.15) is 11.1 Å². The number of aromatic nitrogens is 2. The molecule has 30 heavy (non-hydrogen) atoms. The maximum atomic E-state index is 13.3. The van der Waals surface area contributed by atoms with Crippen LogP contribution in [0.3, 0.4) is 0 Å². The number of rotatable bonds is 5. The maximum Gasteiger partial charge on any atom is 0.319 e. The van der Waals surface area contributed by atoms with Crippen LogP contribution in [0.25, 0.3) is 22.4 Å². The summed E-state index contributed by atoms with van der Waals surface area (Å²) in [7, 11) is 0. The van der Waals surface area contributed by atoms with Gasteiger partial charge in [-0.1, -0.05) is 18.2 Å². The van der Waals surface area contributed by atoms with Crippen molar-refractivity contribution in [1.29, 1.82) is 0 Å². The number of benzene rings is 3. The fraction of sp³-hybridized carbons (Fsp3) is 0.167. The van der Waals surface area contributed by atoms with Crippen LogP contribution in [0.15, 0.2) is 66.7 Å². The van der Waals surface area contributed by atoms with Gasteiger partial charge in [-0.25, -0.2) is 14.2 Å². The van der Waals surface area contributed by atoms with Crippen LogP contribution in [0.2, 0.25) is 0 Å². The van der Waals surface area contributed by atoms with Gasteiger partial charge in [-0.05, 0) is 73.5 Å². The number of para-hydroxylation sites is 2. The van der Waals surface area contributed by atoms with Gasteiger partial charge in [0.15, 0.2) is 0 Å². The molecule has 0 saturated heterocycles. The number of hydrogen-bond acceptors (Lipinski definition) is 2. The van der Waals surface area contributed by atoms with Gasteiger partial charge in [0.05, 0.1) is 11.0 Å². The molecule has 2 N–H and O–H groups in total. The zero-order chi connectivity index (χ0) is 21.1. The number of carbonyl (C=O) groups is 1. The predicted molar refractivity (Wildman–Crippen MR) is 118 cm³/mol. The van der Waals surface area contributed by atoms with Crippen LogP contribution in [0.5, 0.6) is 0 Å². The van der Waals surface area contributed by atoms with Crippen LogP contribution in [0, 0.1) is 19.7 Å². The molecule has 1 heterocycles. The number of carbonyl (C=O) groups excluding carboxylic acids is 1. The van der Waals surface area contributed by atoms with E-state index in [1.807, 2.05) is 60.9 Å². The van der Waals surface area contributed by atoms with Crippen LogP contribution in [-0.4, -0.2) is 22.1 Å². The second kappa shape index (κ2) is 8.37. The lowest BCUT2D eigenvalue weighted by molar-refractivity contribution is 0.251. The Balaban J connectivity index is 1.49. The molecule has 2 amide bonds. The molecule has 0 saturated carbocycles. The standard InChI is InChI=1S/C24H23FN4O/c1-16-7-12-20(15-17(16)2)27-24(30)26-13-14-29-22-6-4-3-5-21(22)28-23(29)18-8-10-19(25)11-9-18/h3-12,15H,13-14H2,1-2H3,(H2,26,27,30). The van der Waals surface area contributed by atoms with E-state index in [2.05, 4.69) is 10.6 Å². The summed E-state index contributed by atoms with van der Waals surface area (Å²) in [6.07, 6.45) is 0. The van der Waals surface area contributed by atoms with Crippen molar-refractivity contribution in [3.63, 3.8) is 0 Å². The summed E-state index contributed by atoms with van der Waals surface area (Å²) in [4.78, 5) is 17.0. The normalized spacial score (nSPS) is 10.9. The van der Waals surface area contributed by atoms with Crippen molar-refractivity contribution >= 4 is 22.8 Å². The zero-order valence-electron chi connectivity index (χ0n) is 16.9. The maximum absolute atomic E-state index is 13.3. The van der Waals surface area contributed by atoms with E-state index in [-0.39, 0.29) is 11.8 Å². The molecule has 0 bridgehead atoms. The van der Waals surface area contributed by atoms with Gasteiger partial charge in [0.2, 0.25) is 0 Å². The molecule has 0 aliphatic heterocycles. The summed E-state index contributed by atoms with van der Waals surface area (Å²) in [5.41, 5.74) is 5.72. The van der Waals surface area contributed by atoms with Gasteiger partial charge in [0, 0.05) is 24.3 Å². The SMILES string of the molecule is Cc1ccc(NC(=O)NCCn2c(-c3ccc(F)cc3)nc3ccccc32)cc1C. The van der Waals surface area contributed by atoms with Crippen LogP contribution < -0.4 is 10.6 Å². The van der Waals surface area contributed by atoms with Crippen molar-refractivity contribution in [2.45, 2.75) is 20.4 Å². The number of nitrogens with one attached hydrogen (secondary N) is 2. The summed E-state index contributed by atoms with van der Waals surface area (Å²) in [5, 5.41) is 5.76. The van der Waals surface area contributed by atoms with E-state index in [1.54, 1.807) is 12.1 Å². The topological polar surface area (TPSA) is 59.0 Å². The minimum Gasteiger partial charge on any atom is -0.336 e. The Hall–Kier alpha value is -3.67. The van der Waals surface area contributed by atoms with Gasteiger partial charge >= 0.3 is 6.03 Å². The Morgan fingerprint density at radius 2 is 1.77 bits per heavy atom. The van der Waals surface area contributed by atoms with E-state index in [1.165, 1.54) is 17.7 Å². The molecule has 5 nitrogen and oxygen atoms in total. The van der Waals surface area contributed by atoms with E-state index < -0.39 is 0 Å². The first kappa shape index (κ1) is 19.6. The van der Waals surface area contributed by atoms with Crippen molar-refractivity contribution in [2.24, 2.45) is 0 Å². The minimum absolute atomic E-state index is 0.258. The lowest BCUT2D eigenvalue weighted by Crippen LogP contribution is -2.31. The van der Waals surface area contributed by atoms with Gasteiger partial charge in [-0.2, -0.15) is 0 Å². The molecule has 4 aromatic rings. The summed E-state index contributed by atoms with van der Waals surface area (Å²) < 4.78 is 15.4. The summed E-state index contributed by atoms with van der Waals surface area (Å²) in [6.45, 7) is 5.01. The quantitative estimate of drug-likeness (QED) is 0.477. The molecule has 0 unspecified atom stereocenters. The number of imidazole rings is 1. The van der Waals surface area contributed by atoms with Gasteiger partial charge in [0.1, 0.15) is 11.6 Å². The second-order valence-electron chi connectivity index (χ2n) is 7.26. The molecule has 3 aromatic carbocycles. The third-order valence-corrected chi connectivity index (χ3v) is 5.14. The number of nitrogens with zero attached hydrogens (tertiary/aromatic N) is 2. The number of anilines is 1. The number of urea groups is 1. The Bertz CT molecular complexity index is 1200. The van der Waals surface area contributed by atoms with Crippen molar-refractivity contribution in [1.82, 2.24) is 14.9 Å². The highest BCUT2D eigenvalue weighted by Gasteiger charge is 2.13. The zero-order valence-corrected chi connectivity index (χ0v) is 16.9. The smallest absolute Gasteiger partial charge is 0.319 e. The third kappa shape index (κ3) is 4.17. The second-order valence-corrected chi connectivity index (χ2v) is 7.26. The lowest BCUT2D eigenvalue weighted by atomic mass is 10.1. The number of hydrogen-bond donors (Lipinski definition) is 2. The number of fused-ring (bicyclic) bond motifs is 1. The first-order valence-electron chi connectivity index (χ1n) is 9.84. The number of amides is 2. The molecule has 0 aliphatic rings. The van der Waals surface area contributed by atoms with Gasteiger partial charge < -0.3 is 15.2 Å². The molecule has 0 spiro atoms.